The fraction of sp³-hybridized carbons (Fsp3) is 0.0625. The topological polar surface area (TPSA) is 59.1 Å². The van der Waals surface area contributed by atoms with E-state index < -0.39 is 0 Å². The van der Waals surface area contributed by atoms with Gasteiger partial charge in [-0.15, -0.1) is 22.7 Å². The Morgan fingerprint density at radius 1 is 1.09 bits per heavy atom. The van der Waals surface area contributed by atoms with Crippen LogP contribution in [0.2, 0.25) is 0 Å². The molecule has 0 saturated heterocycles. The van der Waals surface area contributed by atoms with Crippen LogP contribution in [0.25, 0.3) is 0 Å². The molecule has 6 heteroatoms. The van der Waals surface area contributed by atoms with Gasteiger partial charge in [0, 0.05) is 16.6 Å². The number of aromatic nitrogens is 1. The molecule has 0 saturated carbocycles. The fourth-order valence-electron chi connectivity index (χ4n) is 2.00. The molecule has 3 aromatic rings. The number of rotatable bonds is 4. The third-order valence-corrected chi connectivity index (χ3v) is 4.70. The van der Waals surface area contributed by atoms with Crippen molar-refractivity contribution in [3.05, 3.63) is 68.9 Å². The summed E-state index contributed by atoms with van der Waals surface area (Å²) in [5, 5.41) is 5.11. The fourth-order valence-corrected chi connectivity index (χ4v) is 3.33. The van der Waals surface area contributed by atoms with Gasteiger partial charge in [-0.25, -0.2) is 4.98 Å². The first-order valence-corrected chi connectivity index (χ1v) is 8.26. The summed E-state index contributed by atoms with van der Waals surface area (Å²) in [5.74, 6) is -0.467. The van der Waals surface area contributed by atoms with Gasteiger partial charge < -0.3 is 0 Å². The normalized spacial score (nSPS) is 10.4. The summed E-state index contributed by atoms with van der Waals surface area (Å²) < 4.78 is 0. The molecule has 0 aliphatic rings. The van der Waals surface area contributed by atoms with Crippen molar-refractivity contribution in [1.29, 1.82) is 0 Å². The van der Waals surface area contributed by atoms with Crippen LogP contribution in [0.5, 0.6) is 0 Å². The summed E-state index contributed by atoms with van der Waals surface area (Å²) in [6.45, 7) is 1.92. The molecule has 0 spiro atoms. The van der Waals surface area contributed by atoms with E-state index in [1.54, 1.807) is 36.5 Å². The summed E-state index contributed by atoms with van der Waals surface area (Å²) in [6.07, 6.45) is 1.70. The number of hydrogen-bond acceptors (Lipinski definition) is 5. The number of carbonyl (C=O) groups is 2. The van der Waals surface area contributed by atoms with Gasteiger partial charge in [-0.2, -0.15) is 0 Å². The maximum Gasteiger partial charge on any atom is 0.258 e. The monoisotopic (exact) mass is 328 g/mol. The number of thiophene rings is 1. The molecular weight excluding hydrogens is 316 g/mol. The number of aryl methyl sites for hydroxylation is 1. The van der Waals surface area contributed by atoms with E-state index in [0.717, 1.165) is 4.88 Å². The summed E-state index contributed by atoms with van der Waals surface area (Å²) in [4.78, 5) is 30.7. The lowest BCUT2D eigenvalue weighted by molar-refractivity contribution is 0.0998. The van der Waals surface area contributed by atoms with Gasteiger partial charge in [0.1, 0.15) is 0 Å². The number of nitrogens with zero attached hydrogens (tertiary/aromatic N) is 1. The molecule has 0 fully saturated rings. The first kappa shape index (κ1) is 14.6. The SMILES string of the molecule is Cc1cnc(NC(=O)c2ccccc2C(=O)c2cccs2)s1. The van der Waals surface area contributed by atoms with Gasteiger partial charge in [-0.1, -0.05) is 24.3 Å². The molecule has 0 atom stereocenters. The van der Waals surface area contributed by atoms with Crippen LogP contribution in [-0.2, 0) is 0 Å². The maximum atomic E-state index is 12.5. The Morgan fingerprint density at radius 3 is 2.50 bits per heavy atom. The lowest BCUT2D eigenvalue weighted by Gasteiger charge is -2.07. The largest absolute Gasteiger partial charge is 0.298 e. The number of thiazole rings is 1. The number of hydrogen-bond donors (Lipinski definition) is 1. The molecule has 0 unspecified atom stereocenters. The number of amides is 1. The van der Waals surface area contributed by atoms with Crippen LogP contribution in [0.3, 0.4) is 0 Å². The van der Waals surface area contributed by atoms with Crippen LogP contribution in [0.4, 0.5) is 5.13 Å². The zero-order valence-electron chi connectivity index (χ0n) is 11.7. The number of ketones is 1. The highest BCUT2D eigenvalue weighted by molar-refractivity contribution is 7.15. The minimum absolute atomic E-state index is 0.143. The van der Waals surface area contributed by atoms with Crippen molar-refractivity contribution in [3.8, 4) is 0 Å². The van der Waals surface area contributed by atoms with E-state index in [0.29, 0.717) is 21.1 Å². The van der Waals surface area contributed by atoms with E-state index >= 15 is 0 Å². The number of carbonyl (C=O) groups excluding carboxylic acids is 2. The van der Waals surface area contributed by atoms with E-state index in [4.69, 9.17) is 0 Å². The lowest BCUT2D eigenvalue weighted by atomic mass is 10.0. The van der Waals surface area contributed by atoms with Crippen LogP contribution in [0.1, 0.15) is 30.5 Å². The van der Waals surface area contributed by atoms with Crippen molar-refractivity contribution < 1.29 is 9.59 Å². The Morgan fingerprint density at radius 2 is 1.86 bits per heavy atom. The zero-order chi connectivity index (χ0) is 15.5. The summed E-state index contributed by atoms with van der Waals surface area (Å²) in [5.41, 5.74) is 0.754. The smallest absolute Gasteiger partial charge is 0.258 e. The van der Waals surface area contributed by atoms with Crippen molar-refractivity contribution in [2.75, 3.05) is 5.32 Å². The second-order valence-corrected chi connectivity index (χ2v) is 6.76. The second-order valence-electron chi connectivity index (χ2n) is 4.58. The molecule has 0 aliphatic heterocycles. The average molecular weight is 328 g/mol. The molecule has 3 rings (SSSR count). The standard InChI is InChI=1S/C16H12N2O2S2/c1-10-9-17-16(22-10)18-15(20)12-6-3-2-5-11(12)14(19)13-7-4-8-21-13/h2-9H,1H3,(H,17,18,20). The van der Waals surface area contributed by atoms with Gasteiger partial charge in [-0.3, -0.25) is 14.9 Å². The minimum atomic E-state index is -0.324. The molecule has 0 aliphatic carbocycles. The first-order valence-electron chi connectivity index (χ1n) is 6.56. The highest BCUT2D eigenvalue weighted by atomic mass is 32.1. The third-order valence-electron chi connectivity index (χ3n) is 3.00. The Hall–Kier alpha value is -2.31. The molecule has 110 valence electrons. The van der Waals surface area contributed by atoms with Gasteiger partial charge in [-0.05, 0) is 24.4 Å². The van der Waals surface area contributed by atoms with Crippen LogP contribution >= 0.6 is 22.7 Å². The molecule has 1 aromatic carbocycles. The molecule has 22 heavy (non-hydrogen) atoms. The predicted octanol–water partition coefficient (Wildman–Crippen LogP) is 4.00. The Balaban J connectivity index is 1.91. The average Bonchev–Trinajstić information content (AvgIpc) is 3.18. The van der Waals surface area contributed by atoms with Gasteiger partial charge in [0.2, 0.25) is 5.78 Å². The highest BCUT2D eigenvalue weighted by Crippen LogP contribution is 2.21. The number of nitrogens with one attached hydrogen (secondary N) is 1. The molecular formula is C16H12N2O2S2. The van der Waals surface area contributed by atoms with E-state index in [1.807, 2.05) is 18.4 Å². The second kappa shape index (κ2) is 6.21. The molecule has 0 bridgehead atoms. The summed E-state index contributed by atoms with van der Waals surface area (Å²) >= 11 is 2.76. The van der Waals surface area contributed by atoms with Crippen molar-refractivity contribution in [2.45, 2.75) is 6.92 Å². The van der Waals surface area contributed by atoms with Gasteiger partial charge in [0.05, 0.1) is 10.4 Å². The van der Waals surface area contributed by atoms with E-state index in [9.17, 15) is 9.59 Å². The maximum absolute atomic E-state index is 12.5. The van der Waals surface area contributed by atoms with Crippen LogP contribution in [0.15, 0.2) is 48.0 Å². The van der Waals surface area contributed by atoms with E-state index in [2.05, 4.69) is 10.3 Å². The molecule has 0 radical (unpaired) electrons. The van der Waals surface area contributed by atoms with Crippen molar-refractivity contribution >= 4 is 39.5 Å². The van der Waals surface area contributed by atoms with Crippen LogP contribution in [-0.4, -0.2) is 16.7 Å². The molecule has 4 nitrogen and oxygen atoms in total. The Kier molecular flexibility index (Phi) is 4.13. The predicted molar refractivity (Wildman–Crippen MR) is 89.0 cm³/mol. The summed E-state index contributed by atoms with van der Waals surface area (Å²) in [7, 11) is 0. The van der Waals surface area contributed by atoms with Crippen LogP contribution in [0, 0.1) is 6.92 Å². The zero-order valence-corrected chi connectivity index (χ0v) is 13.3. The first-order chi connectivity index (χ1) is 10.6. The lowest BCUT2D eigenvalue weighted by Crippen LogP contribution is -2.16. The number of anilines is 1. The third kappa shape index (κ3) is 2.98. The quantitative estimate of drug-likeness (QED) is 0.737. The molecule has 2 heterocycles. The highest BCUT2D eigenvalue weighted by Gasteiger charge is 2.19. The van der Waals surface area contributed by atoms with Gasteiger partial charge in [0.15, 0.2) is 5.13 Å². The Labute approximate surface area is 135 Å². The van der Waals surface area contributed by atoms with E-state index in [-0.39, 0.29) is 11.7 Å². The van der Waals surface area contributed by atoms with Gasteiger partial charge >= 0.3 is 0 Å². The van der Waals surface area contributed by atoms with Crippen molar-refractivity contribution in [3.63, 3.8) is 0 Å². The minimum Gasteiger partial charge on any atom is -0.298 e. The molecule has 1 amide bonds. The van der Waals surface area contributed by atoms with Gasteiger partial charge in [0.25, 0.3) is 5.91 Å². The molecule has 1 N–H and O–H groups in total. The number of benzene rings is 1. The molecule has 2 aromatic heterocycles. The van der Waals surface area contributed by atoms with E-state index in [1.165, 1.54) is 22.7 Å². The Bertz CT molecular complexity index is 822. The van der Waals surface area contributed by atoms with Crippen molar-refractivity contribution in [2.24, 2.45) is 0 Å². The summed E-state index contributed by atoms with van der Waals surface area (Å²) in [6, 6.07) is 10.4. The van der Waals surface area contributed by atoms with Crippen LogP contribution < -0.4 is 5.32 Å². The van der Waals surface area contributed by atoms with Crippen molar-refractivity contribution in [1.82, 2.24) is 4.98 Å².